The normalized spacial score (nSPS) is 22.1. The molecule has 66 heavy (non-hydrogen) atoms. The third-order valence-corrected chi connectivity index (χ3v) is 13.4. The number of likely N-dealkylation sites (tertiary alicyclic amines) is 1. The van der Waals surface area contributed by atoms with Crippen molar-refractivity contribution < 1.29 is 38.6 Å². The second-order valence-corrected chi connectivity index (χ2v) is 19.1. The highest BCUT2D eigenvalue weighted by molar-refractivity contribution is 5.96. The Balaban J connectivity index is 1.29. The van der Waals surface area contributed by atoms with Gasteiger partial charge in [0.15, 0.2) is 0 Å². The van der Waals surface area contributed by atoms with E-state index in [4.69, 9.17) is 14.5 Å². The lowest BCUT2D eigenvalue weighted by Crippen LogP contribution is -2.62. The number of hydrazine groups is 1. The molecule has 2 aromatic heterocycles. The Morgan fingerprint density at radius 3 is 2.56 bits per heavy atom. The van der Waals surface area contributed by atoms with Crippen molar-refractivity contribution in [3.63, 3.8) is 0 Å². The summed E-state index contributed by atoms with van der Waals surface area (Å²) in [6, 6.07) is 15.5. The predicted molar refractivity (Wildman–Crippen MR) is 251 cm³/mol. The fourth-order valence-electron chi connectivity index (χ4n) is 9.91. The van der Waals surface area contributed by atoms with Crippen LogP contribution < -0.4 is 10.7 Å². The number of aliphatic hydroxyl groups excluding tert-OH is 1. The Bertz CT molecular complexity index is 2500. The average Bonchev–Trinajstić information content (AvgIpc) is 3.85. The minimum atomic E-state index is -1.12. The van der Waals surface area contributed by atoms with E-state index in [-0.39, 0.29) is 32.2 Å². The molecule has 2 aromatic carbocycles. The maximum Gasteiger partial charge on any atom is 0.324 e. The summed E-state index contributed by atoms with van der Waals surface area (Å²) in [4.78, 5) is 76.9. The summed E-state index contributed by atoms with van der Waals surface area (Å²) in [7, 11) is 3.19. The van der Waals surface area contributed by atoms with Crippen molar-refractivity contribution in [1.29, 1.82) is 0 Å². The van der Waals surface area contributed by atoms with Crippen LogP contribution in [0.3, 0.4) is 0 Å². The fourth-order valence-corrected chi connectivity index (χ4v) is 9.91. The maximum absolute atomic E-state index is 14.7. The van der Waals surface area contributed by atoms with Gasteiger partial charge in [-0.2, -0.15) is 0 Å². The molecule has 6 atom stereocenters. The van der Waals surface area contributed by atoms with E-state index < -0.39 is 71.1 Å². The molecular formula is C51H65N7O8. The van der Waals surface area contributed by atoms with Crippen LogP contribution in [0.25, 0.3) is 33.3 Å². The highest BCUT2D eigenvalue weighted by Crippen LogP contribution is 2.42. The van der Waals surface area contributed by atoms with E-state index in [1.807, 2.05) is 37.3 Å². The lowest BCUT2D eigenvalue weighted by molar-refractivity contribution is -0.155. The Kier molecular flexibility index (Phi) is 14.5. The van der Waals surface area contributed by atoms with Gasteiger partial charge in [0.2, 0.25) is 17.7 Å². The number of nitrogens with zero attached hydrogens (tertiary/aromatic N) is 5. The number of carbonyl (C=O) groups is 5. The molecule has 5 heterocycles. The highest BCUT2D eigenvalue weighted by Gasteiger charge is 2.43. The van der Waals surface area contributed by atoms with Gasteiger partial charge in [0.05, 0.1) is 36.1 Å². The monoisotopic (exact) mass is 903 g/mol. The maximum atomic E-state index is 14.7. The number of aliphatic hydroxyl groups is 1. The molecule has 0 aliphatic carbocycles. The summed E-state index contributed by atoms with van der Waals surface area (Å²) in [5, 5.41) is 16.3. The third kappa shape index (κ3) is 9.79. The first-order chi connectivity index (χ1) is 31.5. The lowest BCUT2D eigenvalue weighted by Gasteiger charge is -2.37. The van der Waals surface area contributed by atoms with E-state index in [1.165, 1.54) is 21.9 Å². The van der Waals surface area contributed by atoms with Gasteiger partial charge in [-0.15, -0.1) is 0 Å². The number of nitrogens with one attached hydrogen (secondary N) is 2. The largest absolute Gasteiger partial charge is 0.464 e. The number of hydrogen-bond donors (Lipinski definition) is 3. The number of rotatable bonds is 10. The number of aromatic nitrogens is 2. The van der Waals surface area contributed by atoms with Gasteiger partial charge in [0.25, 0.3) is 5.91 Å². The summed E-state index contributed by atoms with van der Waals surface area (Å²) in [5.74, 6) is -3.69. The third-order valence-electron chi connectivity index (χ3n) is 13.4. The van der Waals surface area contributed by atoms with Crippen LogP contribution in [0.5, 0.6) is 0 Å². The number of ether oxygens (including phenoxy) is 2. The number of aryl methyl sites for hydroxylation is 1. The predicted octanol–water partition coefficient (Wildman–Crippen LogP) is 5.23. The topological polar surface area (TPSA) is 176 Å². The number of amides is 4. The molecule has 3 N–H and O–H groups in total. The van der Waals surface area contributed by atoms with E-state index in [1.54, 1.807) is 27.2 Å². The van der Waals surface area contributed by atoms with Crippen molar-refractivity contribution in [2.45, 2.75) is 104 Å². The molecule has 2 saturated heterocycles. The Hall–Kier alpha value is -5.90. The van der Waals surface area contributed by atoms with Gasteiger partial charge in [-0.05, 0) is 91.6 Å². The number of pyridine rings is 1. The molecule has 2 fully saturated rings. The number of esters is 1. The van der Waals surface area contributed by atoms with Gasteiger partial charge in [-0.1, -0.05) is 64.6 Å². The van der Waals surface area contributed by atoms with Crippen molar-refractivity contribution in [3.8, 4) is 22.4 Å². The summed E-state index contributed by atoms with van der Waals surface area (Å²) in [6.45, 7) is 16.5. The molecule has 0 saturated carbocycles. The standard InChI is InChI=1S/C51H65N7O8/c1-10-43(60)56-27-38(42(59)28-56)48(62)55(8)45(30(3)4)47(61)53-40-24-32-15-12-16-33(23-32)34-19-20-41-36(25-34)37(46(57(41)11-2)35-17-13-21-52-44(35)31(5)65-9)26-51(6,7)29-66-50(64)39-18-14-22-58(54-39)49(40)63/h10,12-13,15-17,19-21,23,25,30-31,38-40,42,45,54,59H,1,11,14,18,22,24,26-29H2,2-9H3,(H,53,61)/t31-,38+,39-,40-,42+,45?/m0/s1. The second kappa shape index (κ2) is 19.9. The molecule has 0 spiro atoms. The fraction of sp³-hybridized carbons (Fsp3) is 0.490. The van der Waals surface area contributed by atoms with E-state index in [2.05, 4.69) is 66.9 Å². The first kappa shape index (κ1) is 48.0. The molecule has 15 nitrogen and oxygen atoms in total. The van der Waals surface area contributed by atoms with Gasteiger partial charge in [-0.3, -0.25) is 34.0 Å². The Morgan fingerprint density at radius 2 is 1.85 bits per heavy atom. The minimum Gasteiger partial charge on any atom is -0.464 e. The van der Waals surface area contributed by atoms with E-state index in [0.717, 1.165) is 56.2 Å². The number of fused-ring (bicyclic) bond motifs is 6. The minimum absolute atomic E-state index is 0.0141. The average molecular weight is 904 g/mol. The van der Waals surface area contributed by atoms with Crippen LogP contribution >= 0.6 is 0 Å². The number of carbonyl (C=O) groups excluding carboxylic acids is 5. The number of benzene rings is 2. The van der Waals surface area contributed by atoms with Crippen LogP contribution in [0, 0.1) is 17.3 Å². The van der Waals surface area contributed by atoms with Crippen LogP contribution in [-0.2, 0) is 52.8 Å². The zero-order valence-corrected chi connectivity index (χ0v) is 39.5. The number of hydrogen-bond acceptors (Lipinski definition) is 10. The second-order valence-electron chi connectivity index (χ2n) is 19.1. The zero-order valence-electron chi connectivity index (χ0n) is 39.5. The van der Waals surface area contributed by atoms with E-state index >= 15 is 0 Å². The number of cyclic esters (lactones) is 1. The van der Waals surface area contributed by atoms with Gasteiger partial charge >= 0.3 is 5.97 Å². The van der Waals surface area contributed by atoms with Gasteiger partial charge in [-0.25, -0.2) is 5.43 Å². The molecule has 4 aromatic rings. The summed E-state index contributed by atoms with van der Waals surface area (Å²) in [6.07, 6.45) is 3.19. The molecule has 1 unspecified atom stereocenters. The Morgan fingerprint density at radius 1 is 1.09 bits per heavy atom. The summed E-state index contributed by atoms with van der Waals surface area (Å²) < 4.78 is 14.2. The highest BCUT2D eigenvalue weighted by atomic mass is 16.5. The quantitative estimate of drug-likeness (QED) is 0.141. The van der Waals surface area contributed by atoms with Crippen molar-refractivity contribution in [1.82, 2.24) is 35.1 Å². The van der Waals surface area contributed by atoms with Crippen molar-refractivity contribution in [3.05, 3.63) is 90.3 Å². The molecule has 7 rings (SSSR count). The molecular weight excluding hydrogens is 839 g/mol. The van der Waals surface area contributed by atoms with Gasteiger partial charge in [0.1, 0.15) is 18.1 Å². The molecule has 6 bridgehead atoms. The van der Waals surface area contributed by atoms with Crippen LogP contribution in [0.2, 0.25) is 0 Å². The van der Waals surface area contributed by atoms with Crippen LogP contribution in [0.1, 0.15) is 77.3 Å². The van der Waals surface area contributed by atoms with Crippen molar-refractivity contribution in [2.24, 2.45) is 17.3 Å². The molecule has 3 aliphatic heterocycles. The molecule has 352 valence electrons. The van der Waals surface area contributed by atoms with Gasteiger partial charge in [0, 0.05) is 74.8 Å². The molecule has 15 heteroatoms. The van der Waals surface area contributed by atoms with Gasteiger partial charge < -0.3 is 34.3 Å². The van der Waals surface area contributed by atoms with Crippen LogP contribution in [0.15, 0.2) is 73.4 Å². The lowest BCUT2D eigenvalue weighted by atomic mass is 9.84. The van der Waals surface area contributed by atoms with Crippen molar-refractivity contribution >= 4 is 40.5 Å². The zero-order chi connectivity index (χ0) is 47.6. The van der Waals surface area contributed by atoms with Crippen molar-refractivity contribution in [2.75, 3.05) is 40.4 Å². The molecule has 3 aliphatic rings. The van der Waals surface area contributed by atoms with E-state index in [0.29, 0.717) is 32.4 Å². The Labute approximate surface area is 387 Å². The van der Waals surface area contributed by atoms with Crippen LogP contribution in [0.4, 0.5) is 0 Å². The first-order valence-electron chi connectivity index (χ1n) is 23.1. The number of likely N-dealkylation sites (N-methyl/N-ethyl adjacent to an activating group) is 1. The number of β-amino-alcohol motifs (C(OH)–C–C–N with tert-alkyl or cyclic N) is 1. The van der Waals surface area contributed by atoms with Crippen LogP contribution in [-0.4, -0.2) is 124 Å². The molecule has 0 radical (unpaired) electrons. The SMILES string of the molecule is C=CC(=O)N1C[C@@H](O)[C@H](C(=O)N(C)C(C(=O)N[C@H]2Cc3cccc(c3)-c3ccc4c(c3)c(c(-c3cccnc3[C@H](C)OC)n4CC)CC(C)(C)COC(=O)[C@@H]3CCCN(N3)C2=O)C(C)C)C1. The smallest absolute Gasteiger partial charge is 0.324 e. The van der Waals surface area contributed by atoms with E-state index in [9.17, 15) is 29.1 Å². The first-order valence-corrected chi connectivity index (χ1v) is 23.1. The summed E-state index contributed by atoms with van der Waals surface area (Å²) in [5.41, 5.74) is 10.3. The molecule has 4 amide bonds. The number of methoxy groups -OCH3 is 1. The summed E-state index contributed by atoms with van der Waals surface area (Å²) >= 11 is 0.